The number of rotatable bonds is 7. The van der Waals surface area contributed by atoms with E-state index in [-0.39, 0.29) is 12.3 Å². The minimum Gasteiger partial charge on any atom is -0.495 e. The predicted octanol–water partition coefficient (Wildman–Crippen LogP) is 1.58. The number of hydrogen-bond acceptors (Lipinski definition) is 6. The van der Waals surface area contributed by atoms with Gasteiger partial charge >= 0.3 is 10.7 Å². The molecule has 0 fully saturated rings. The molecule has 24 heavy (non-hydrogen) atoms. The van der Waals surface area contributed by atoms with Gasteiger partial charge in [0, 0.05) is 18.2 Å². The quantitative estimate of drug-likeness (QED) is 0.564. The van der Waals surface area contributed by atoms with Gasteiger partial charge in [-0.1, -0.05) is 16.3 Å². The third-order valence-electron chi connectivity index (χ3n) is 3.07. The first kappa shape index (κ1) is 18.2. The minimum atomic E-state index is -0.466. The topological polar surface area (TPSA) is 97.4 Å². The molecule has 0 bridgehead atoms. The van der Waals surface area contributed by atoms with Crippen molar-refractivity contribution < 1.29 is 23.5 Å². The van der Waals surface area contributed by atoms with Crippen LogP contribution in [0.15, 0.2) is 26.5 Å². The van der Waals surface area contributed by atoms with Crippen molar-refractivity contribution in [1.29, 1.82) is 0 Å². The number of benzene rings is 1. The number of H-pyrrole nitrogens is 1. The second-order valence-corrected chi connectivity index (χ2v) is 6.17. The molecule has 0 aliphatic rings. The predicted molar refractivity (Wildman–Crippen MR) is 89.0 cm³/mol. The van der Waals surface area contributed by atoms with E-state index in [0.29, 0.717) is 33.0 Å². The summed E-state index contributed by atoms with van der Waals surface area (Å²) >= 11 is 7.29. The first-order valence-electron chi connectivity index (χ1n) is 6.88. The molecule has 1 aromatic carbocycles. The lowest BCUT2D eigenvalue weighted by Crippen LogP contribution is -2.33. The number of nitrogens with one attached hydrogen (secondary N) is 2. The van der Waals surface area contributed by atoms with E-state index in [2.05, 4.69) is 15.1 Å². The van der Waals surface area contributed by atoms with Gasteiger partial charge in [-0.3, -0.25) is 9.32 Å². The number of thioether (sulfide) groups is 1. The molecule has 1 amide bonds. The molecular weight excluding hydrogens is 358 g/mol. The maximum absolute atomic E-state index is 12.1. The van der Waals surface area contributed by atoms with Gasteiger partial charge in [0.05, 0.1) is 24.9 Å². The minimum absolute atomic E-state index is 0.197. The third-order valence-corrected chi connectivity index (χ3v) is 4.49. The molecule has 8 nitrogen and oxygen atoms in total. The van der Waals surface area contributed by atoms with Gasteiger partial charge in [-0.25, -0.2) is 4.79 Å². The molecule has 0 spiro atoms. The molecular formula is C14H17ClN3O5S+. The summed E-state index contributed by atoms with van der Waals surface area (Å²) in [7, 11) is 4.63. The largest absolute Gasteiger partial charge is 0.495 e. The summed E-state index contributed by atoms with van der Waals surface area (Å²) in [5.41, 5.74) is -0.0171. The molecule has 1 aromatic heterocycles. The Morgan fingerprint density at radius 1 is 1.38 bits per heavy atom. The number of halogens is 1. The molecule has 0 aliphatic heterocycles. The van der Waals surface area contributed by atoms with E-state index in [0.717, 1.165) is 0 Å². The van der Waals surface area contributed by atoms with E-state index in [1.165, 1.54) is 30.7 Å². The summed E-state index contributed by atoms with van der Waals surface area (Å²) in [6, 6.07) is 3.16. The summed E-state index contributed by atoms with van der Waals surface area (Å²) < 4.78 is 16.4. The standard InChI is InChI=1S/C14H16ClN3O5S/c1-18-13(14(20)23-17-18)24-5-4-12(19)16-9-6-8(15)10(21-2)7-11(9)22-3/h6-7H,4-5H2,1-3H3,(H-,16,17,19,20)/p+1. The smallest absolute Gasteiger partial charge is 0.441 e. The molecule has 10 heteroatoms. The van der Waals surface area contributed by atoms with Crippen LogP contribution in [0.5, 0.6) is 11.5 Å². The fourth-order valence-corrected chi connectivity index (χ4v) is 3.01. The van der Waals surface area contributed by atoms with Crippen LogP contribution in [0, 0.1) is 0 Å². The zero-order valence-corrected chi connectivity index (χ0v) is 14.9. The number of aromatic amines is 1. The molecule has 2 rings (SSSR count). The Hall–Kier alpha value is -2.13. The van der Waals surface area contributed by atoms with Gasteiger partial charge in [0.25, 0.3) is 0 Å². The summed E-state index contributed by atoms with van der Waals surface area (Å²) in [5.74, 6) is 1.07. The van der Waals surface area contributed by atoms with Gasteiger partial charge in [-0.15, -0.1) is 0 Å². The van der Waals surface area contributed by atoms with Crippen molar-refractivity contribution in [2.45, 2.75) is 11.4 Å². The highest BCUT2D eigenvalue weighted by molar-refractivity contribution is 7.99. The van der Waals surface area contributed by atoms with Crippen molar-refractivity contribution in [3.05, 3.63) is 27.6 Å². The number of aryl methyl sites for hydroxylation is 1. The van der Waals surface area contributed by atoms with Crippen LogP contribution in [-0.4, -0.2) is 31.2 Å². The van der Waals surface area contributed by atoms with E-state index < -0.39 is 5.63 Å². The monoisotopic (exact) mass is 374 g/mol. The summed E-state index contributed by atoms with van der Waals surface area (Å²) in [6.07, 6.45) is 0.197. The third kappa shape index (κ3) is 4.24. The van der Waals surface area contributed by atoms with Gasteiger partial charge in [-0.05, 0) is 23.1 Å². The summed E-state index contributed by atoms with van der Waals surface area (Å²) in [4.78, 5) is 23.5. The van der Waals surface area contributed by atoms with Crippen molar-refractivity contribution in [3.63, 3.8) is 0 Å². The molecule has 0 unspecified atom stereocenters. The van der Waals surface area contributed by atoms with Gasteiger partial charge in [0.2, 0.25) is 5.91 Å². The Morgan fingerprint density at radius 3 is 2.67 bits per heavy atom. The number of hydrogen-bond donors (Lipinski definition) is 2. The van der Waals surface area contributed by atoms with Crippen LogP contribution in [0.2, 0.25) is 5.02 Å². The van der Waals surface area contributed by atoms with E-state index in [9.17, 15) is 9.59 Å². The highest BCUT2D eigenvalue weighted by atomic mass is 35.5. The van der Waals surface area contributed by atoms with Crippen LogP contribution in [-0.2, 0) is 11.8 Å². The van der Waals surface area contributed by atoms with Gasteiger partial charge in [0.15, 0.2) is 7.05 Å². The Balaban J connectivity index is 1.97. The van der Waals surface area contributed by atoms with Crippen LogP contribution in [0.3, 0.4) is 0 Å². The first-order valence-corrected chi connectivity index (χ1v) is 8.24. The van der Waals surface area contributed by atoms with Gasteiger partial charge in [0.1, 0.15) is 11.5 Å². The average molecular weight is 375 g/mol. The van der Waals surface area contributed by atoms with Crippen molar-refractivity contribution in [1.82, 2.24) is 5.27 Å². The maximum Gasteiger partial charge on any atom is 0.441 e. The highest BCUT2D eigenvalue weighted by Gasteiger charge is 2.18. The Bertz CT molecular complexity index is 789. The zero-order valence-electron chi connectivity index (χ0n) is 13.3. The first-order chi connectivity index (χ1) is 11.5. The molecule has 1 heterocycles. The second kappa shape index (κ2) is 8.11. The SMILES string of the molecule is COc1cc(OC)c(NC(=O)CCSc2c(=O)o[nH][n+]2C)cc1Cl. The number of methoxy groups -OCH3 is 2. The number of amides is 1. The van der Waals surface area contributed by atoms with Crippen molar-refractivity contribution in [3.8, 4) is 11.5 Å². The van der Waals surface area contributed by atoms with Crippen LogP contribution in [0.4, 0.5) is 5.69 Å². The molecule has 0 atom stereocenters. The number of aromatic nitrogens is 2. The number of nitrogens with zero attached hydrogens (tertiary/aromatic N) is 1. The van der Waals surface area contributed by atoms with Crippen molar-refractivity contribution >= 4 is 35.0 Å². The second-order valence-electron chi connectivity index (χ2n) is 4.68. The normalized spacial score (nSPS) is 10.5. The van der Waals surface area contributed by atoms with Gasteiger partial charge in [-0.2, -0.15) is 0 Å². The molecule has 0 saturated carbocycles. The summed E-state index contributed by atoms with van der Waals surface area (Å²) in [5, 5.41) is 5.90. The van der Waals surface area contributed by atoms with Gasteiger partial charge < -0.3 is 14.8 Å². The van der Waals surface area contributed by atoms with Crippen LogP contribution in [0.1, 0.15) is 6.42 Å². The lowest BCUT2D eigenvalue weighted by molar-refractivity contribution is -0.772. The Labute approximate surface area is 147 Å². The number of ether oxygens (including phenoxy) is 2. The van der Waals surface area contributed by atoms with Crippen molar-refractivity contribution in [2.24, 2.45) is 7.05 Å². The maximum atomic E-state index is 12.1. The molecule has 0 saturated heterocycles. The molecule has 130 valence electrons. The fourth-order valence-electron chi connectivity index (χ4n) is 1.90. The average Bonchev–Trinajstić information content (AvgIpc) is 2.87. The van der Waals surface area contributed by atoms with Crippen molar-refractivity contribution in [2.75, 3.05) is 25.3 Å². The fraction of sp³-hybridized carbons (Fsp3) is 0.357. The Morgan fingerprint density at radius 2 is 2.08 bits per heavy atom. The highest BCUT2D eigenvalue weighted by Crippen LogP contribution is 2.35. The van der Waals surface area contributed by atoms with E-state index in [1.54, 1.807) is 19.2 Å². The molecule has 2 N–H and O–H groups in total. The van der Waals surface area contributed by atoms with E-state index in [4.69, 9.17) is 21.1 Å². The Kier molecular flexibility index (Phi) is 6.16. The number of anilines is 1. The van der Waals surface area contributed by atoms with Crippen LogP contribution < -0.4 is 25.1 Å². The lowest BCUT2D eigenvalue weighted by atomic mass is 10.2. The van der Waals surface area contributed by atoms with Crippen LogP contribution in [0.25, 0.3) is 0 Å². The van der Waals surface area contributed by atoms with E-state index in [1.807, 2.05) is 0 Å². The molecule has 0 radical (unpaired) electrons. The number of carbonyl (C=O) groups is 1. The lowest BCUT2D eigenvalue weighted by Gasteiger charge is -2.12. The number of carbonyl (C=O) groups excluding carboxylic acids is 1. The van der Waals surface area contributed by atoms with Crippen LogP contribution >= 0.6 is 23.4 Å². The molecule has 0 aliphatic carbocycles. The zero-order chi connectivity index (χ0) is 17.7. The summed E-state index contributed by atoms with van der Waals surface area (Å²) in [6.45, 7) is 0. The molecule has 2 aromatic rings. The van der Waals surface area contributed by atoms with E-state index >= 15 is 0 Å².